The summed E-state index contributed by atoms with van der Waals surface area (Å²) in [6, 6.07) is 5.21. The van der Waals surface area contributed by atoms with Gasteiger partial charge in [-0.1, -0.05) is 17.7 Å². The Hall–Kier alpha value is -3.23. The smallest absolute Gasteiger partial charge is 0.274 e. The lowest BCUT2D eigenvalue weighted by Gasteiger charge is -2.14. The Kier molecular flexibility index (Phi) is 8.79. The lowest BCUT2D eigenvalue weighted by molar-refractivity contribution is 0.0639. The van der Waals surface area contributed by atoms with Gasteiger partial charge in [0.05, 0.1) is 45.1 Å². The van der Waals surface area contributed by atoms with Crippen LogP contribution in [0.1, 0.15) is 16.3 Å². The van der Waals surface area contributed by atoms with Gasteiger partial charge in [0.25, 0.3) is 5.91 Å². The van der Waals surface area contributed by atoms with E-state index in [0.29, 0.717) is 29.2 Å². The largest absolute Gasteiger partial charge is 0.483 e. The van der Waals surface area contributed by atoms with Crippen molar-refractivity contribution in [2.24, 2.45) is 0 Å². The van der Waals surface area contributed by atoms with Crippen LogP contribution in [0.25, 0.3) is 11.0 Å². The van der Waals surface area contributed by atoms with Crippen LogP contribution in [-0.4, -0.2) is 79.9 Å². The minimum absolute atomic E-state index is 0.0144. The molecule has 14 heteroatoms. The molecule has 0 fully saturated rings. The molecule has 13 nitrogen and oxygen atoms in total. The van der Waals surface area contributed by atoms with E-state index in [-0.39, 0.29) is 62.1 Å². The van der Waals surface area contributed by atoms with Gasteiger partial charge in [-0.2, -0.15) is 0 Å². The molecule has 1 amide bonds. The highest BCUT2D eigenvalue weighted by Gasteiger charge is 2.20. The van der Waals surface area contributed by atoms with Gasteiger partial charge in [0, 0.05) is 6.54 Å². The Bertz CT molecular complexity index is 1140. The van der Waals surface area contributed by atoms with Gasteiger partial charge < -0.3 is 46.1 Å². The minimum atomic E-state index is -0.816. The van der Waals surface area contributed by atoms with E-state index in [4.69, 9.17) is 37.6 Å². The predicted molar refractivity (Wildman–Crippen MR) is 123 cm³/mol. The van der Waals surface area contributed by atoms with Crippen molar-refractivity contribution in [3.05, 3.63) is 34.9 Å². The van der Waals surface area contributed by atoms with Gasteiger partial charge in [-0.25, -0.2) is 15.0 Å². The van der Waals surface area contributed by atoms with Gasteiger partial charge in [0.15, 0.2) is 22.5 Å². The summed E-state index contributed by atoms with van der Waals surface area (Å²) in [4.78, 5) is 24.9. The number of aliphatic hydroxyl groups is 3. The number of aliphatic hydroxyl groups excluding tert-OH is 3. The zero-order valence-electron chi connectivity index (χ0n) is 18.1. The molecule has 3 aromatic rings. The SMILES string of the molecule is Nc1nc(N)c(C(=O)NCc2nc3c(OC(CO)CO)cccc3n2CCOCCO)nc1Cl. The number of benzene rings is 1. The number of hydrogen-bond acceptors (Lipinski definition) is 11. The number of anilines is 2. The minimum Gasteiger partial charge on any atom is -0.483 e. The third-order valence-corrected chi connectivity index (χ3v) is 5.02. The number of imidazole rings is 1. The zero-order chi connectivity index (χ0) is 24.7. The number of carbonyl (C=O) groups is 1. The molecule has 8 N–H and O–H groups in total. The van der Waals surface area contributed by atoms with E-state index < -0.39 is 12.0 Å². The average molecular weight is 496 g/mol. The Morgan fingerprint density at radius 1 is 1.12 bits per heavy atom. The highest BCUT2D eigenvalue weighted by atomic mass is 35.5. The summed E-state index contributed by atoms with van der Waals surface area (Å²) < 4.78 is 12.9. The Balaban J connectivity index is 1.89. The molecule has 0 saturated heterocycles. The van der Waals surface area contributed by atoms with Gasteiger partial charge in [-0.05, 0) is 12.1 Å². The van der Waals surface area contributed by atoms with Crippen LogP contribution in [0.4, 0.5) is 11.6 Å². The molecule has 0 aliphatic carbocycles. The van der Waals surface area contributed by atoms with Crippen LogP contribution in [0, 0.1) is 0 Å². The maximum atomic E-state index is 12.7. The lowest BCUT2D eigenvalue weighted by Crippen LogP contribution is -2.27. The first kappa shape index (κ1) is 25.4. The number of para-hydroxylation sites is 1. The number of aromatic nitrogens is 4. The first-order valence-corrected chi connectivity index (χ1v) is 10.7. The van der Waals surface area contributed by atoms with Crippen LogP contribution in [0.5, 0.6) is 5.75 Å². The van der Waals surface area contributed by atoms with Crippen LogP contribution in [0.3, 0.4) is 0 Å². The van der Waals surface area contributed by atoms with Crippen LogP contribution >= 0.6 is 11.6 Å². The van der Waals surface area contributed by atoms with Crippen LogP contribution in [0.2, 0.25) is 5.15 Å². The average Bonchev–Trinajstić information content (AvgIpc) is 3.19. The number of amides is 1. The van der Waals surface area contributed by atoms with Gasteiger partial charge in [0.2, 0.25) is 0 Å². The van der Waals surface area contributed by atoms with E-state index in [1.54, 1.807) is 12.1 Å². The molecule has 0 atom stereocenters. The van der Waals surface area contributed by atoms with E-state index in [9.17, 15) is 15.0 Å². The molecule has 0 unspecified atom stereocenters. The first-order chi connectivity index (χ1) is 16.4. The fourth-order valence-electron chi connectivity index (χ4n) is 3.13. The molecule has 3 rings (SSSR count). The number of fused-ring (bicyclic) bond motifs is 1. The molecule has 0 aliphatic rings. The number of hydrogen-bond donors (Lipinski definition) is 6. The Morgan fingerprint density at radius 3 is 2.59 bits per heavy atom. The van der Waals surface area contributed by atoms with E-state index in [2.05, 4.69) is 20.3 Å². The van der Waals surface area contributed by atoms with Gasteiger partial charge in [-0.3, -0.25) is 4.79 Å². The Labute approximate surface area is 199 Å². The van der Waals surface area contributed by atoms with Gasteiger partial charge in [0.1, 0.15) is 23.2 Å². The topological polar surface area (TPSA) is 204 Å². The zero-order valence-corrected chi connectivity index (χ0v) is 18.9. The molecule has 34 heavy (non-hydrogen) atoms. The van der Waals surface area contributed by atoms with Crippen molar-refractivity contribution in [3.8, 4) is 5.75 Å². The highest BCUT2D eigenvalue weighted by Crippen LogP contribution is 2.27. The summed E-state index contributed by atoms with van der Waals surface area (Å²) in [7, 11) is 0. The summed E-state index contributed by atoms with van der Waals surface area (Å²) >= 11 is 5.86. The standard InChI is InChI=1S/C20H26ClN7O6/c21-17-19(23)27-18(22)16(26-17)20(32)24-8-14-25-15-12(28(14)4-6-33-7-5-29)2-1-3-13(15)34-11(9-30)10-31/h1-3,11,29-31H,4-10H2,(H,24,32)(H4,22,23,27). The summed E-state index contributed by atoms with van der Waals surface area (Å²) in [5.74, 6) is -0.0607. The molecular weight excluding hydrogens is 470 g/mol. The molecule has 0 aliphatic heterocycles. The molecule has 184 valence electrons. The van der Waals surface area contributed by atoms with E-state index >= 15 is 0 Å². The maximum absolute atomic E-state index is 12.7. The number of nitrogens with one attached hydrogen (secondary N) is 1. The fourth-order valence-corrected chi connectivity index (χ4v) is 3.26. The fraction of sp³-hybridized carbons (Fsp3) is 0.400. The highest BCUT2D eigenvalue weighted by molar-refractivity contribution is 6.31. The second kappa shape index (κ2) is 11.8. The van der Waals surface area contributed by atoms with Crippen molar-refractivity contribution in [2.75, 3.05) is 44.5 Å². The summed E-state index contributed by atoms with van der Waals surface area (Å²) in [6.45, 7) is -0.0562. The van der Waals surface area contributed by atoms with E-state index in [1.807, 2.05) is 10.6 Å². The van der Waals surface area contributed by atoms with Crippen molar-refractivity contribution < 1.29 is 29.6 Å². The number of nitrogens with zero attached hydrogens (tertiary/aromatic N) is 4. The normalized spacial score (nSPS) is 11.3. The quantitative estimate of drug-likeness (QED) is 0.173. The first-order valence-electron chi connectivity index (χ1n) is 10.3. The number of nitrogens with two attached hydrogens (primary N) is 2. The molecule has 0 radical (unpaired) electrons. The van der Waals surface area contributed by atoms with Crippen molar-refractivity contribution in [1.82, 2.24) is 24.8 Å². The van der Waals surface area contributed by atoms with Crippen molar-refractivity contribution in [3.63, 3.8) is 0 Å². The summed E-state index contributed by atoms with van der Waals surface area (Å²) in [5, 5.41) is 30.2. The van der Waals surface area contributed by atoms with Crippen molar-refractivity contribution >= 4 is 40.2 Å². The number of ether oxygens (including phenoxy) is 2. The third kappa shape index (κ3) is 5.81. The molecular formula is C20H26ClN7O6. The van der Waals surface area contributed by atoms with Crippen LogP contribution < -0.4 is 21.5 Å². The summed E-state index contributed by atoms with van der Waals surface area (Å²) in [5.41, 5.74) is 12.3. The number of halogens is 1. The summed E-state index contributed by atoms with van der Waals surface area (Å²) in [6.07, 6.45) is -0.816. The van der Waals surface area contributed by atoms with Crippen LogP contribution in [0.15, 0.2) is 18.2 Å². The lowest BCUT2D eigenvalue weighted by atomic mass is 10.3. The third-order valence-electron chi connectivity index (χ3n) is 4.74. The predicted octanol–water partition coefficient (Wildman–Crippen LogP) is -0.685. The number of carbonyl (C=O) groups excluding carboxylic acids is 1. The maximum Gasteiger partial charge on any atom is 0.274 e. The molecule has 1 aromatic carbocycles. The molecule has 0 spiro atoms. The van der Waals surface area contributed by atoms with Crippen molar-refractivity contribution in [1.29, 1.82) is 0 Å². The monoisotopic (exact) mass is 495 g/mol. The number of rotatable bonds is 12. The Morgan fingerprint density at radius 2 is 1.88 bits per heavy atom. The van der Waals surface area contributed by atoms with E-state index in [1.165, 1.54) is 0 Å². The molecule has 0 bridgehead atoms. The second-order valence-electron chi connectivity index (χ2n) is 7.06. The van der Waals surface area contributed by atoms with Gasteiger partial charge >= 0.3 is 0 Å². The molecule has 0 saturated carbocycles. The molecule has 2 aromatic heterocycles. The molecule has 2 heterocycles. The second-order valence-corrected chi connectivity index (χ2v) is 7.42. The van der Waals surface area contributed by atoms with E-state index in [0.717, 1.165) is 0 Å². The van der Waals surface area contributed by atoms with Crippen LogP contribution in [-0.2, 0) is 17.8 Å². The number of nitrogen functional groups attached to an aromatic ring is 2. The van der Waals surface area contributed by atoms with Crippen molar-refractivity contribution in [2.45, 2.75) is 19.2 Å². The van der Waals surface area contributed by atoms with Gasteiger partial charge in [-0.15, -0.1) is 0 Å².